The molecule has 0 spiro atoms. The van der Waals surface area contributed by atoms with E-state index in [9.17, 15) is 4.79 Å². The number of carbonyl (C=O) groups is 1. The molecule has 3 heteroatoms. The van der Waals surface area contributed by atoms with Gasteiger partial charge in [0.15, 0.2) is 0 Å². The van der Waals surface area contributed by atoms with Gasteiger partial charge < -0.3 is 0 Å². The van der Waals surface area contributed by atoms with Crippen molar-refractivity contribution in [3.05, 3.63) is 0 Å². The van der Waals surface area contributed by atoms with Gasteiger partial charge in [0.05, 0.1) is 0 Å². The SMILES string of the molecule is CCC(C)(C)C(C)(C)OOC(=O)CCCCCC(C)(C)C. The molecule has 21 heavy (non-hydrogen) atoms. The van der Waals surface area contributed by atoms with E-state index in [1.165, 1.54) is 6.42 Å². The van der Waals surface area contributed by atoms with Crippen LogP contribution in [0.25, 0.3) is 0 Å². The van der Waals surface area contributed by atoms with Crippen LogP contribution in [0, 0.1) is 10.8 Å². The molecule has 0 unspecified atom stereocenters. The predicted molar refractivity (Wildman–Crippen MR) is 87.9 cm³/mol. The van der Waals surface area contributed by atoms with Gasteiger partial charge in [-0.15, -0.1) is 0 Å². The maximum absolute atomic E-state index is 11.7. The van der Waals surface area contributed by atoms with E-state index >= 15 is 0 Å². The first-order valence-corrected chi connectivity index (χ1v) is 8.30. The minimum Gasteiger partial charge on any atom is -0.298 e. The molecule has 0 atom stereocenters. The zero-order valence-electron chi connectivity index (χ0n) is 15.5. The molecule has 0 aromatic rings. The Morgan fingerprint density at radius 1 is 0.905 bits per heavy atom. The van der Waals surface area contributed by atoms with Gasteiger partial charge in [-0.3, -0.25) is 4.89 Å². The Kier molecular flexibility index (Phi) is 7.94. The first-order chi connectivity index (χ1) is 9.41. The second kappa shape index (κ2) is 8.17. The Balaban J connectivity index is 3.91. The molecule has 0 aromatic heterocycles. The molecule has 0 radical (unpaired) electrons. The van der Waals surface area contributed by atoms with Crippen molar-refractivity contribution in [3.8, 4) is 0 Å². The highest BCUT2D eigenvalue weighted by atomic mass is 17.2. The maximum atomic E-state index is 11.7. The van der Waals surface area contributed by atoms with Crippen molar-refractivity contribution < 1.29 is 14.6 Å². The van der Waals surface area contributed by atoms with Crippen LogP contribution < -0.4 is 0 Å². The molecule has 126 valence electrons. The van der Waals surface area contributed by atoms with Crippen molar-refractivity contribution in [1.82, 2.24) is 0 Å². The van der Waals surface area contributed by atoms with Crippen molar-refractivity contribution in [2.45, 2.75) is 99.5 Å². The summed E-state index contributed by atoms with van der Waals surface area (Å²) in [5, 5.41) is 0. The molecule has 0 bridgehead atoms. The summed E-state index contributed by atoms with van der Waals surface area (Å²) in [4.78, 5) is 22.1. The minimum absolute atomic E-state index is 0.0417. The van der Waals surface area contributed by atoms with Gasteiger partial charge >= 0.3 is 5.97 Å². The van der Waals surface area contributed by atoms with E-state index < -0.39 is 5.60 Å². The summed E-state index contributed by atoms with van der Waals surface area (Å²) in [6.07, 6.45) is 5.69. The van der Waals surface area contributed by atoms with E-state index in [4.69, 9.17) is 9.78 Å². The lowest BCUT2D eigenvalue weighted by Gasteiger charge is -2.38. The number of carbonyl (C=O) groups excluding carboxylic acids is 1. The highest BCUT2D eigenvalue weighted by Gasteiger charge is 2.38. The summed E-state index contributed by atoms with van der Waals surface area (Å²) in [6, 6.07) is 0. The molecule has 0 saturated heterocycles. The summed E-state index contributed by atoms with van der Waals surface area (Å²) in [6.45, 7) is 17.0. The van der Waals surface area contributed by atoms with Crippen LogP contribution in [-0.2, 0) is 14.6 Å². The van der Waals surface area contributed by atoms with Crippen LogP contribution in [0.5, 0.6) is 0 Å². The average molecular weight is 300 g/mol. The summed E-state index contributed by atoms with van der Waals surface area (Å²) in [7, 11) is 0. The zero-order chi connectivity index (χ0) is 16.7. The maximum Gasteiger partial charge on any atom is 0.342 e. The number of hydrogen-bond acceptors (Lipinski definition) is 3. The lowest BCUT2D eigenvalue weighted by atomic mass is 9.75. The second-order valence-corrected chi connectivity index (χ2v) is 8.41. The molecule has 0 aliphatic carbocycles. The van der Waals surface area contributed by atoms with E-state index in [-0.39, 0.29) is 11.4 Å². The fourth-order valence-electron chi connectivity index (χ4n) is 1.83. The van der Waals surface area contributed by atoms with Crippen LogP contribution >= 0.6 is 0 Å². The molecule has 0 aliphatic heterocycles. The van der Waals surface area contributed by atoms with Gasteiger partial charge in [-0.05, 0) is 43.9 Å². The van der Waals surface area contributed by atoms with Crippen LogP contribution in [0.4, 0.5) is 0 Å². The summed E-state index contributed by atoms with van der Waals surface area (Å²) in [5.41, 5.74) is -0.150. The lowest BCUT2D eigenvalue weighted by Crippen LogP contribution is -2.41. The van der Waals surface area contributed by atoms with Crippen molar-refractivity contribution in [1.29, 1.82) is 0 Å². The zero-order valence-corrected chi connectivity index (χ0v) is 15.5. The standard InChI is InChI=1S/C18H36O3/c1-9-17(5,6)18(7,8)21-20-15(19)13-11-10-12-14-16(2,3)4/h9-14H2,1-8H3. The third-order valence-corrected chi connectivity index (χ3v) is 4.66. The first kappa shape index (κ1) is 20.4. The molecule has 0 saturated carbocycles. The van der Waals surface area contributed by atoms with Crippen molar-refractivity contribution >= 4 is 5.97 Å². The highest BCUT2D eigenvalue weighted by Crippen LogP contribution is 2.36. The fourth-order valence-corrected chi connectivity index (χ4v) is 1.83. The third-order valence-electron chi connectivity index (χ3n) is 4.66. The smallest absolute Gasteiger partial charge is 0.298 e. The van der Waals surface area contributed by atoms with Gasteiger partial charge in [-0.2, -0.15) is 4.89 Å². The van der Waals surface area contributed by atoms with E-state index in [0.29, 0.717) is 11.8 Å². The topological polar surface area (TPSA) is 35.5 Å². The van der Waals surface area contributed by atoms with Crippen LogP contribution in [0.2, 0.25) is 0 Å². The van der Waals surface area contributed by atoms with Crippen molar-refractivity contribution in [3.63, 3.8) is 0 Å². The monoisotopic (exact) mass is 300 g/mol. The molecule has 0 amide bonds. The van der Waals surface area contributed by atoms with E-state index in [0.717, 1.165) is 25.7 Å². The summed E-state index contributed by atoms with van der Waals surface area (Å²) < 4.78 is 0. The quantitative estimate of drug-likeness (QED) is 0.312. The number of rotatable bonds is 9. The van der Waals surface area contributed by atoms with Gasteiger partial charge in [0.25, 0.3) is 0 Å². The van der Waals surface area contributed by atoms with E-state index in [1.807, 2.05) is 13.8 Å². The first-order valence-electron chi connectivity index (χ1n) is 8.30. The van der Waals surface area contributed by atoms with Crippen molar-refractivity contribution in [2.75, 3.05) is 0 Å². The van der Waals surface area contributed by atoms with Gasteiger partial charge in [0.2, 0.25) is 0 Å². The minimum atomic E-state index is -0.482. The Morgan fingerprint density at radius 3 is 1.95 bits per heavy atom. The molecular weight excluding hydrogens is 264 g/mol. The Labute approximate surface area is 131 Å². The predicted octanol–water partition coefficient (Wildman–Crippen LogP) is 5.67. The van der Waals surface area contributed by atoms with Crippen LogP contribution in [-0.4, -0.2) is 11.6 Å². The molecule has 0 rings (SSSR count). The van der Waals surface area contributed by atoms with Crippen molar-refractivity contribution in [2.24, 2.45) is 10.8 Å². The lowest BCUT2D eigenvalue weighted by molar-refractivity contribution is -0.347. The molecule has 0 N–H and O–H groups in total. The van der Waals surface area contributed by atoms with E-state index in [1.54, 1.807) is 0 Å². The van der Waals surface area contributed by atoms with Crippen LogP contribution in [0.1, 0.15) is 93.9 Å². The van der Waals surface area contributed by atoms with Crippen LogP contribution in [0.3, 0.4) is 0 Å². The van der Waals surface area contributed by atoms with Gasteiger partial charge in [-0.25, -0.2) is 4.79 Å². The van der Waals surface area contributed by atoms with E-state index in [2.05, 4.69) is 41.5 Å². The van der Waals surface area contributed by atoms with Crippen LogP contribution in [0.15, 0.2) is 0 Å². The molecule has 0 aliphatic rings. The molecule has 0 heterocycles. The van der Waals surface area contributed by atoms with Gasteiger partial charge in [-0.1, -0.05) is 54.4 Å². The molecular formula is C18H36O3. The summed E-state index contributed by atoms with van der Waals surface area (Å²) >= 11 is 0. The normalized spacial score (nSPS) is 13.3. The molecule has 0 aromatic carbocycles. The third kappa shape index (κ3) is 8.45. The largest absolute Gasteiger partial charge is 0.342 e. The highest BCUT2D eigenvalue weighted by molar-refractivity contribution is 5.68. The Morgan fingerprint density at radius 2 is 1.48 bits per heavy atom. The second-order valence-electron chi connectivity index (χ2n) is 8.41. The number of unbranched alkanes of at least 4 members (excludes halogenated alkanes) is 2. The van der Waals surface area contributed by atoms with Gasteiger partial charge in [0, 0.05) is 6.42 Å². The van der Waals surface area contributed by atoms with Gasteiger partial charge in [0.1, 0.15) is 5.60 Å². The average Bonchev–Trinajstić information content (AvgIpc) is 2.34. The summed E-state index contributed by atoms with van der Waals surface area (Å²) in [5.74, 6) is -0.259. The Hall–Kier alpha value is -0.570. The fraction of sp³-hybridized carbons (Fsp3) is 0.944. The number of hydrogen-bond donors (Lipinski definition) is 0. The Bertz CT molecular complexity index is 311. The molecule has 3 nitrogen and oxygen atoms in total. The molecule has 0 fully saturated rings.